The maximum Gasteiger partial charge on any atom is 0.234 e. The lowest BCUT2D eigenvalue weighted by Crippen LogP contribution is -2.14. The molecule has 0 atom stereocenters. The molecule has 0 bridgehead atoms. The first-order valence-electron chi connectivity index (χ1n) is 7.82. The summed E-state index contributed by atoms with van der Waals surface area (Å²) < 4.78 is 2.95. The Balaban J connectivity index is 1.68. The zero-order chi connectivity index (χ0) is 17.8. The van der Waals surface area contributed by atoms with Gasteiger partial charge in [0.1, 0.15) is 0 Å². The van der Waals surface area contributed by atoms with Crippen molar-refractivity contribution < 1.29 is 4.79 Å². The van der Waals surface area contributed by atoms with Crippen molar-refractivity contribution in [3.63, 3.8) is 0 Å². The van der Waals surface area contributed by atoms with Crippen molar-refractivity contribution in [1.82, 2.24) is 9.55 Å². The Morgan fingerprint density at radius 2 is 2.08 bits per heavy atom. The van der Waals surface area contributed by atoms with Crippen LogP contribution < -0.4 is 5.32 Å². The molecule has 0 fully saturated rings. The van der Waals surface area contributed by atoms with Crippen LogP contribution in [0.25, 0.3) is 5.69 Å². The van der Waals surface area contributed by atoms with Crippen LogP contribution in [0.5, 0.6) is 0 Å². The quantitative estimate of drug-likeness (QED) is 0.597. The van der Waals surface area contributed by atoms with Gasteiger partial charge in [0.05, 0.1) is 11.4 Å². The largest absolute Gasteiger partial charge is 0.325 e. The van der Waals surface area contributed by atoms with E-state index in [0.29, 0.717) is 5.75 Å². The molecule has 1 N–H and O–H groups in total. The number of imidazole rings is 1. The van der Waals surface area contributed by atoms with Gasteiger partial charge in [0.2, 0.25) is 5.91 Å². The van der Waals surface area contributed by atoms with Gasteiger partial charge in [0.15, 0.2) is 5.16 Å². The van der Waals surface area contributed by atoms with Gasteiger partial charge in [-0.15, -0.1) is 0 Å². The van der Waals surface area contributed by atoms with Gasteiger partial charge in [0.25, 0.3) is 0 Å². The van der Waals surface area contributed by atoms with Crippen molar-refractivity contribution in [3.05, 3.63) is 70.5 Å². The van der Waals surface area contributed by atoms with Crippen molar-refractivity contribution in [2.45, 2.75) is 19.0 Å². The Labute approximate surface area is 159 Å². The molecule has 0 saturated heterocycles. The summed E-state index contributed by atoms with van der Waals surface area (Å²) in [6.45, 7) is 4.16. The lowest BCUT2D eigenvalue weighted by molar-refractivity contribution is -0.113. The molecule has 3 aromatic rings. The topological polar surface area (TPSA) is 46.9 Å². The molecular weight excluding hydrogens is 398 g/mol. The van der Waals surface area contributed by atoms with Gasteiger partial charge in [0, 0.05) is 22.6 Å². The first-order valence-corrected chi connectivity index (χ1v) is 9.60. The zero-order valence-electron chi connectivity index (χ0n) is 14.0. The van der Waals surface area contributed by atoms with E-state index >= 15 is 0 Å². The summed E-state index contributed by atoms with van der Waals surface area (Å²) in [4.78, 5) is 16.6. The van der Waals surface area contributed by atoms with Crippen molar-refractivity contribution in [2.75, 3.05) is 11.1 Å². The molecule has 3 rings (SSSR count). The third-order valence-corrected chi connectivity index (χ3v) is 5.12. The van der Waals surface area contributed by atoms with E-state index in [-0.39, 0.29) is 5.91 Å². The number of amides is 1. The second-order valence-electron chi connectivity index (χ2n) is 5.72. The fraction of sp³-hybridized carbons (Fsp3) is 0.158. The minimum atomic E-state index is -0.0571. The number of aryl methyl sites for hydroxylation is 2. The average molecular weight is 416 g/mol. The Morgan fingerprint density at radius 1 is 1.24 bits per heavy atom. The normalized spacial score (nSPS) is 10.7. The molecule has 2 aromatic carbocycles. The molecule has 0 aliphatic rings. The molecule has 128 valence electrons. The third-order valence-electron chi connectivity index (χ3n) is 3.66. The van der Waals surface area contributed by atoms with Gasteiger partial charge >= 0.3 is 0 Å². The third kappa shape index (κ3) is 4.52. The number of benzene rings is 2. The smallest absolute Gasteiger partial charge is 0.234 e. The van der Waals surface area contributed by atoms with Crippen LogP contribution in [0.3, 0.4) is 0 Å². The summed E-state index contributed by atoms with van der Waals surface area (Å²) in [6, 6.07) is 13.9. The Morgan fingerprint density at radius 3 is 2.84 bits per heavy atom. The number of carbonyl (C=O) groups is 1. The Bertz CT molecular complexity index is 907. The first kappa shape index (κ1) is 17.8. The number of hydrogen-bond donors (Lipinski definition) is 1. The number of anilines is 1. The predicted molar refractivity (Wildman–Crippen MR) is 107 cm³/mol. The number of rotatable bonds is 5. The maximum atomic E-state index is 12.2. The molecule has 0 radical (unpaired) electrons. The number of nitrogens with zero attached hydrogens (tertiary/aromatic N) is 2. The lowest BCUT2D eigenvalue weighted by atomic mass is 10.1. The SMILES string of the molecule is Cc1ccc(-n2ccnc2SCC(=O)Nc2cccc(Br)c2)c(C)c1. The van der Waals surface area contributed by atoms with Crippen molar-refractivity contribution >= 4 is 39.3 Å². The fourth-order valence-electron chi connectivity index (χ4n) is 2.55. The highest BCUT2D eigenvalue weighted by Gasteiger charge is 2.11. The molecule has 1 heterocycles. The summed E-state index contributed by atoms with van der Waals surface area (Å²) in [5.41, 5.74) is 4.26. The minimum absolute atomic E-state index is 0.0571. The van der Waals surface area contributed by atoms with Gasteiger partial charge in [-0.1, -0.05) is 51.5 Å². The summed E-state index contributed by atoms with van der Waals surface area (Å²) in [5, 5.41) is 3.70. The van der Waals surface area contributed by atoms with Crippen LogP contribution in [0, 0.1) is 13.8 Å². The van der Waals surface area contributed by atoms with Gasteiger partial charge in [-0.2, -0.15) is 0 Å². The molecule has 0 aliphatic heterocycles. The first-order chi connectivity index (χ1) is 12.0. The van der Waals surface area contributed by atoms with E-state index in [9.17, 15) is 4.79 Å². The molecule has 0 spiro atoms. The molecular formula is C19H18BrN3OS. The molecule has 0 saturated carbocycles. The average Bonchev–Trinajstić information content (AvgIpc) is 3.01. The number of carbonyl (C=O) groups excluding carboxylic acids is 1. The predicted octanol–water partition coefficient (Wildman–Crippen LogP) is 4.98. The van der Waals surface area contributed by atoms with E-state index < -0.39 is 0 Å². The van der Waals surface area contributed by atoms with E-state index in [4.69, 9.17) is 0 Å². The summed E-state index contributed by atoms with van der Waals surface area (Å²) in [6.07, 6.45) is 3.68. The van der Waals surface area contributed by atoms with E-state index in [2.05, 4.69) is 58.3 Å². The van der Waals surface area contributed by atoms with Gasteiger partial charge in [-0.3, -0.25) is 9.36 Å². The van der Waals surface area contributed by atoms with Crippen LogP contribution in [0.4, 0.5) is 5.69 Å². The number of nitrogens with one attached hydrogen (secondary N) is 1. The number of thioether (sulfide) groups is 1. The van der Waals surface area contributed by atoms with Crippen molar-refractivity contribution in [1.29, 1.82) is 0 Å². The highest BCUT2D eigenvalue weighted by atomic mass is 79.9. The Hall–Kier alpha value is -2.05. The van der Waals surface area contributed by atoms with Crippen LogP contribution >= 0.6 is 27.7 Å². The molecule has 6 heteroatoms. The van der Waals surface area contributed by atoms with Crippen LogP contribution in [0.2, 0.25) is 0 Å². The molecule has 25 heavy (non-hydrogen) atoms. The van der Waals surface area contributed by atoms with Crippen molar-refractivity contribution in [2.24, 2.45) is 0 Å². The number of aromatic nitrogens is 2. The van der Waals surface area contributed by atoms with E-state index in [1.807, 2.05) is 35.0 Å². The molecule has 0 aliphatic carbocycles. The summed E-state index contributed by atoms with van der Waals surface area (Å²) >= 11 is 4.82. The number of halogens is 1. The second kappa shape index (κ2) is 7.89. The van der Waals surface area contributed by atoms with Crippen LogP contribution in [-0.2, 0) is 4.79 Å². The van der Waals surface area contributed by atoms with Crippen molar-refractivity contribution in [3.8, 4) is 5.69 Å². The highest BCUT2D eigenvalue weighted by Crippen LogP contribution is 2.24. The van der Waals surface area contributed by atoms with Gasteiger partial charge < -0.3 is 5.32 Å². The molecule has 4 nitrogen and oxygen atoms in total. The minimum Gasteiger partial charge on any atom is -0.325 e. The molecule has 1 amide bonds. The highest BCUT2D eigenvalue weighted by molar-refractivity contribution is 9.10. The summed E-state index contributed by atoms with van der Waals surface area (Å²) in [5.74, 6) is 0.243. The number of hydrogen-bond acceptors (Lipinski definition) is 3. The molecule has 0 unspecified atom stereocenters. The lowest BCUT2D eigenvalue weighted by Gasteiger charge is -2.11. The second-order valence-corrected chi connectivity index (χ2v) is 7.58. The van der Waals surface area contributed by atoms with E-state index in [0.717, 1.165) is 21.0 Å². The van der Waals surface area contributed by atoms with Crippen LogP contribution in [-0.4, -0.2) is 21.2 Å². The monoisotopic (exact) mass is 415 g/mol. The van der Waals surface area contributed by atoms with Gasteiger partial charge in [-0.05, 0) is 43.7 Å². The summed E-state index contributed by atoms with van der Waals surface area (Å²) in [7, 11) is 0. The standard InChI is InChI=1S/C19H18BrN3OS/c1-13-6-7-17(14(2)10-13)23-9-8-21-19(23)25-12-18(24)22-16-5-3-4-15(20)11-16/h3-11H,12H2,1-2H3,(H,22,24). The van der Waals surface area contributed by atoms with E-state index in [1.54, 1.807) is 6.20 Å². The zero-order valence-corrected chi connectivity index (χ0v) is 16.4. The van der Waals surface area contributed by atoms with Crippen LogP contribution in [0.1, 0.15) is 11.1 Å². The van der Waals surface area contributed by atoms with Crippen LogP contribution in [0.15, 0.2) is 64.5 Å². The van der Waals surface area contributed by atoms with Gasteiger partial charge in [-0.25, -0.2) is 4.98 Å². The Kier molecular flexibility index (Phi) is 5.60. The fourth-order valence-corrected chi connectivity index (χ4v) is 3.71. The van der Waals surface area contributed by atoms with E-state index in [1.165, 1.54) is 22.9 Å². The molecule has 1 aromatic heterocycles. The maximum absolute atomic E-state index is 12.2.